The quantitative estimate of drug-likeness (QED) is 0.697. The van der Waals surface area contributed by atoms with E-state index in [2.05, 4.69) is 32.6 Å². The summed E-state index contributed by atoms with van der Waals surface area (Å²) in [5, 5.41) is 11.5. The summed E-state index contributed by atoms with van der Waals surface area (Å²) < 4.78 is 5.59. The van der Waals surface area contributed by atoms with E-state index in [0.717, 1.165) is 24.8 Å². The van der Waals surface area contributed by atoms with Gasteiger partial charge >= 0.3 is 0 Å². The molecule has 7 heteroatoms. The third-order valence-electron chi connectivity index (χ3n) is 4.35. The van der Waals surface area contributed by atoms with E-state index in [4.69, 9.17) is 4.42 Å². The first-order valence-corrected chi connectivity index (χ1v) is 9.52. The lowest BCUT2D eigenvalue weighted by Gasteiger charge is -2.26. The van der Waals surface area contributed by atoms with Crippen LogP contribution in [0.15, 0.2) is 58.4 Å². The minimum atomic E-state index is -0.0298. The molecule has 26 heavy (non-hydrogen) atoms. The predicted molar refractivity (Wildman–Crippen MR) is 98.5 cm³/mol. The van der Waals surface area contributed by atoms with Gasteiger partial charge in [-0.3, -0.25) is 9.78 Å². The number of carbonyl (C=O) groups is 1. The molecule has 0 radical (unpaired) electrons. The van der Waals surface area contributed by atoms with Crippen LogP contribution >= 0.6 is 11.8 Å². The van der Waals surface area contributed by atoms with Gasteiger partial charge in [0.1, 0.15) is 0 Å². The number of fused-ring (bicyclic) bond motifs is 1. The lowest BCUT2D eigenvalue weighted by atomic mass is 9.88. The van der Waals surface area contributed by atoms with E-state index in [1.54, 1.807) is 12.4 Å². The summed E-state index contributed by atoms with van der Waals surface area (Å²) in [6.07, 6.45) is 6.49. The van der Waals surface area contributed by atoms with Gasteiger partial charge in [-0.25, -0.2) is 0 Å². The summed E-state index contributed by atoms with van der Waals surface area (Å²) in [4.78, 5) is 16.4. The summed E-state index contributed by atoms with van der Waals surface area (Å²) in [5.74, 6) is 0.618. The molecule has 4 rings (SSSR count). The molecule has 1 N–H and O–H groups in total. The molecule has 1 aliphatic carbocycles. The number of hydrogen-bond acceptors (Lipinski definition) is 6. The Hall–Kier alpha value is -2.67. The molecule has 0 aliphatic heterocycles. The first-order valence-electron chi connectivity index (χ1n) is 8.53. The SMILES string of the molecule is O=C(CSc1nnc(-c2cccnc2)o1)N[C@H]1CCCc2ccccc21. The van der Waals surface area contributed by atoms with E-state index in [0.29, 0.717) is 11.1 Å². The average Bonchev–Trinajstić information content (AvgIpc) is 3.17. The van der Waals surface area contributed by atoms with Crippen molar-refractivity contribution < 1.29 is 9.21 Å². The highest BCUT2D eigenvalue weighted by Gasteiger charge is 2.21. The molecule has 0 bridgehead atoms. The van der Waals surface area contributed by atoms with Crippen LogP contribution in [0.4, 0.5) is 0 Å². The summed E-state index contributed by atoms with van der Waals surface area (Å²) in [6, 6.07) is 12.1. The third kappa shape index (κ3) is 3.77. The van der Waals surface area contributed by atoms with Gasteiger partial charge in [-0.15, -0.1) is 10.2 Å². The topological polar surface area (TPSA) is 80.9 Å². The van der Waals surface area contributed by atoms with E-state index in [1.165, 1.54) is 22.9 Å². The molecule has 132 valence electrons. The molecule has 0 spiro atoms. The second-order valence-electron chi connectivity index (χ2n) is 6.11. The Labute approximate surface area is 155 Å². The third-order valence-corrected chi connectivity index (χ3v) is 5.16. The Bertz CT molecular complexity index is 897. The molecule has 0 fully saturated rings. The number of hydrogen-bond donors (Lipinski definition) is 1. The second-order valence-corrected chi connectivity index (χ2v) is 7.04. The zero-order valence-corrected chi connectivity index (χ0v) is 14.9. The number of benzene rings is 1. The van der Waals surface area contributed by atoms with Crippen LogP contribution in [0, 0.1) is 0 Å². The maximum absolute atomic E-state index is 12.3. The minimum absolute atomic E-state index is 0.0298. The smallest absolute Gasteiger partial charge is 0.277 e. The van der Waals surface area contributed by atoms with Crippen LogP contribution in [0.3, 0.4) is 0 Å². The lowest BCUT2D eigenvalue weighted by Crippen LogP contribution is -2.32. The van der Waals surface area contributed by atoms with Gasteiger partial charge in [-0.05, 0) is 42.5 Å². The Morgan fingerprint density at radius 1 is 1.23 bits per heavy atom. The van der Waals surface area contributed by atoms with Gasteiger partial charge in [-0.1, -0.05) is 36.0 Å². The number of aromatic nitrogens is 3. The van der Waals surface area contributed by atoms with Crippen LogP contribution in [0.1, 0.15) is 30.0 Å². The molecule has 1 aliphatic rings. The largest absolute Gasteiger partial charge is 0.411 e. The number of nitrogens with zero attached hydrogens (tertiary/aromatic N) is 3. The van der Waals surface area contributed by atoms with Crippen molar-refractivity contribution in [1.29, 1.82) is 0 Å². The number of rotatable bonds is 5. The van der Waals surface area contributed by atoms with Gasteiger partial charge < -0.3 is 9.73 Å². The van der Waals surface area contributed by atoms with Crippen molar-refractivity contribution >= 4 is 17.7 Å². The summed E-state index contributed by atoms with van der Waals surface area (Å²) >= 11 is 1.24. The van der Waals surface area contributed by atoms with Gasteiger partial charge in [0.15, 0.2) is 0 Å². The van der Waals surface area contributed by atoms with Crippen LogP contribution in [-0.4, -0.2) is 26.8 Å². The standard InChI is InChI=1S/C19H18N4O2S/c24-17(21-16-9-3-6-13-5-1-2-8-15(13)16)12-26-19-23-22-18(25-19)14-7-4-10-20-11-14/h1-2,4-5,7-8,10-11,16H,3,6,9,12H2,(H,21,24)/t16-/m0/s1. The normalized spacial score (nSPS) is 16.1. The molecule has 1 atom stereocenters. The van der Waals surface area contributed by atoms with Gasteiger partial charge in [0.25, 0.3) is 5.22 Å². The number of carbonyl (C=O) groups excluding carboxylic acids is 1. The fraction of sp³-hybridized carbons (Fsp3) is 0.263. The van der Waals surface area contributed by atoms with E-state index < -0.39 is 0 Å². The van der Waals surface area contributed by atoms with Crippen LogP contribution in [0.25, 0.3) is 11.5 Å². The maximum atomic E-state index is 12.3. The molecule has 1 amide bonds. The molecule has 0 unspecified atom stereocenters. The van der Waals surface area contributed by atoms with Crippen LogP contribution < -0.4 is 5.32 Å². The highest BCUT2D eigenvalue weighted by atomic mass is 32.2. The highest BCUT2D eigenvalue weighted by molar-refractivity contribution is 7.99. The first-order chi connectivity index (χ1) is 12.8. The van der Waals surface area contributed by atoms with Crippen molar-refractivity contribution in [2.24, 2.45) is 0 Å². The fourth-order valence-corrected chi connectivity index (χ4v) is 3.72. The van der Waals surface area contributed by atoms with Crippen molar-refractivity contribution in [3.63, 3.8) is 0 Å². The van der Waals surface area contributed by atoms with Gasteiger partial charge in [-0.2, -0.15) is 0 Å². The average molecular weight is 366 g/mol. The molecule has 6 nitrogen and oxygen atoms in total. The zero-order chi connectivity index (χ0) is 17.8. The summed E-state index contributed by atoms with van der Waals surface area (Å²) in [7, 11) is 0. The van der Waals surface area contributed by atoms with Crippen molar-refractivity contribution in [2.75, 3.05) is 5.75 Å². The lowest BCUT2D eigenvalue weighted by molar-refractivity contribution is -0.119. The molecule has 2 heterocycles. The Morgan fingerprint density at radius 3 is 3.04 bits per heavy atom. The Kier molecular flexibility index (Phi) is 4.97. The predicted octanol–water partition coefficient (Wildman–Crippen LogP) is 3.42. The van der Waals surface area contributed by atoms with Gasteiger partial charge in [0.05, 0.1) is 17.4 Å². The monoisotopic (exact) mass is 366 g/mol. The minimum Gasteiger partial charge on any atom is -0.411 e. The molecule has 0 saturated carbocycles. The van der Waals surface area contributed by atoms with Crippen molar-refractivity contribution in [2.45, 2.75) is 30.5 Å². The maximum Gasteiger partial charge on any atom is 0.277 e. The number of nitrogens with one attached hydrogen (secondary N) is 1. The van der Waals surface area contributed by atoms with E-state index in [9.17, 15) is 4.79 Å². The second kappa shape index (κ2) is 7.70. The molecule has 1 aromatic carbocycles. The first kappa shape index (κ1) is 16.8. The molecule has 3 aromatic rings. The summed E-state index contributed by atoms with van der Waals surface area (Å²) in [5.41, 5.74) is 3.32. The van der Waals surface area contributed by atoms with E-state index in [-0.39, 0.29) is 17.7 Å². The molecular weight excluding hydrogens is 348 g/mol. The van der Waals surface area contributed by atoms with Crippen LogP contribution in [0.2, 0.25) is 0 Å². The van der Waals surface area contributed by atoms with E-state index >= 15 is 0 Å². The Morgan fingerprint density at radius 2 is 2.15 bits per heavy atom. The molecular formula is C19H18N4O2S. The van der Waals surface area contributed by atoms with Crippen LogP contribution in [-0.2, 0) is 11.2 Å². The fourth-order valence-electron chi connectivity index (χ4n) is 3.14. The number of pyridine rings is 1. The molecule has 2 aromatic heterocycles. The van der Waals surface area contributed by atoms with Crippen molar-refractivity contribution in [3.05, 3.63) is 59.9 Å². The summed E-state index contributed by atoms with van der Waals surface area (Å²) in [6.45, 7) is 0. The van der Waals surface area contributed by atoms with Gasteiger partial charge in [0.2, 0.25) is 11.8 Å². The number of thioether (sulfide) groups is 1. The number of aryl methyl sites for hydroxylation is 1. The van der Waals surface area contributed by atoms with Gasteiger partial charge in [0, 0.05) is 12.4 Å². The van der Waals surface area contributed by atoms with Crippen molar-refractivity contribution in [1.82, 2.24) is 20.5 Å². The van der Waals surface area contributed by atoms with E-state index in [1.807, 2.05) is 24.3 Å². The molecule has 0 saturated heterocycles. The van der Waals surface area contributed by atoms with Crippen molar-refractivity contribution in [3.8, 4) is 11.5 Å². The zero-order valence-electron chi connectivity index (χ0n) is 14.1. The Balaban J connectivity index is 1.35. The highest BCUT2D eigenvalue weighted by Crippen LogP contribution is 2.29. The van der Waals surface area contributed by atoms with Crippen LogP contribution in [0.5, 0.6) is 0 Å². The number of amides is 1.